The van der Waals surface area contributed by atoms with Crippen molar-refractivity contribution in [1.29, 1.82) is 0 Å². The lowest BCUT2D eigenvalue weighted by molar-refractivity contribution is 0.382. The molecule has 1 heterocycles. The van der Waals surface area contributed by atoms with Gasteiger partial charge in [0.25, 0.3) is 0 Å². The van der Waals surface area contributed by atoms with Crippen LogP contribution in [0.3, 0.4) is 0 Å². The van der Waals surface area contributed by atoms with E-state index in [-0.39, 0.29) is 0 Å². The van der Waals surface area contributed by atoms with E-state index in [0.717, 1.165) is 12.5 Å². The van der Waals surface area contributed by atoms with Crippen molar-refractivity contribution in [3.05, 3.63) is 18.2 Å². The van der Waals surface area contributed by atoms with Crippen molar-refractivity contribution in [2.24, 2.45) is 13.0 Å². The third kappa shape index (κ3) is 2.64. The fourth-order valence-electron chi connectivity index (χ4n) is 2.82. The third-order valence-corrected chi connectivity index (χ3v) is 3.66. The quantitative estimate of drug-likeness (QED) is 0.828. The van der Waals surface area contributed by atoms with Crippen molar-refractivity contribution in [2.75, 3.05) is 6.54 Å². The third-order valence-electron chi connectivity index (χ3n) is 3.66. The van der Waals surface area contributed by atoms with Gasteiger partial charge in [-0.1, -0.05) is 32.6 Å². The van der Waals surface area contributed by atoms with Crippen LogP contribution < -0.4 is 5.32 Å². The molecule has 0 amide bonds. The molecule has 1 aromatic heterocycles. The van der Waals surface area contributed by atoms with Crippen molar-refractivity contribution in [3.63, 3.8) is 0 Å². The highest BCUT2D eigenvalue weighted by Gasteiger charge is 2.22. The fourth-order valence-corrected chi connectivity index (χ4v) is 2.82. The van der Waals surface area contributed by atoms with Crippen LogP contribution in [-0.4, -0.2) is 16.1 Å². The predicted octanol–water partition coefficient (Wildman–Crippen LogP) is 2.65. The molecule has 1 unspecified atom stereocenters. The van der Waals surface area contributed by atoms with E-state index in [9.17, 15) is 0 Å². The number of hydrogen-bond acceptors (Lipinski definition) is 2. The van der Waals surface area contributed by atoms with Gasteiger partial charge in [-0.2, -0.15) is 0 Å². The summed E-state index contributed by atoms with van der Waals surface area (Å²) in [6, 6.07) is 0.438. The van der Waals surface area contributed by atoms with Crippen LogP contribution in [0.5, 0.6) is 0 Å². The number of imidazole rings is 1. The Labute approximate surface area is 98.3 Å². The molecule has 0 spiro atoms. The first-order valence-electron chi connectivity index (χ1n) is 6.52. The lowest BCUT2D eigenvalue weighted by Crippen LogP contribution is -2.25. The zero-order valence-corrected chi connectivity index (χ0v) is 10.4. The summed E-state index contributed by atoms with van der Waals surface area (Å²) in [5, 5.41) is 3.57. The Kier molecular flexibility index (Phi) is 3.99. The molecule has 0 saturated heterocycles. The summed E-state index contributed by atoms with van der Waals surface area (Å²) in [4.78, 5) is 4.48. The van der Waals surface area contributed by atoms with Gasteiger partial charge in [0.1, 0.15) is 5.82 Å². The highest BCUT2D eigenvalue weighted by Crippen LogP contribution is 2.32. The molecule has 1 aliphatic rings. The zero-order chi connectivity index (χ0) is 11.4. The van der Waals surface area contributed by atoms with Gasteiger partial charge in [0.2, 0.25) is 0 Å². The molecule has 90 valence electrons. The Morgan fingerprint density at radius 3 is 2.81 bits per heavy atom. The minimum Gasteiger partial charge on any atom is -0.337 e. The Morgan fingerprint density at radius 2 is 2.25 bits per heavy atom. The van der Waals surface area contributed by atoms with Crippen LogP contribution in [0.25, 0.3) is 0 Å². The molecule has 2 rings (SSSR count). The zero-order valence-electron chi connectivity index (χ0n) is 10.4. The molecular weight excluding hydrogens is 198 g/mol. The van der Waals surface area contributed by atoms with Crippen LogP contribution >= 0.6 is 0 Å². The highest BCUT2D eigenvalue weighted by molar-refractivity contribution is 4.99. The van der Waals surface area contributed by atoms with Crippen LogP contribution in [0.15, 0.2) is 12.4 Å². The molecule has 16 heavy (non-hydrogen) atoms. The van der Waals surface area contributed by atoms with Crippen LogP contribution in [0.4, 0.5) is 0 Å². The van der Waals surface area contributed by atoms with E-state index in [0.29, 0.717) is 6.04 Å². The Hall–Kier alpha value is -0.830. The number of aromatic nitrogens is 2. The van der Waals surface area contributed by atoms with E-state index < -0.39 is 0 Å². The largest absolute Gasteiger partial charge is 0.337 e. The molecule has 1 aromatic rings. The maximum Gasteiger partial charge on any atom is 0.125 e. The summed E-state index contributed by atoms with van der Waals surface area (Å²) in [6.07, 6.45) is 10.8. The summed E-state index contributed by atoms with van der Waals surface area (Å²) < 4.78 is 2.14. The van der Waals surface area contributed by atoms with Gasteiger partial charge in [-0.15, -0.1) is 0 Å². The number of nitrogens with one attached hydrogen (secondary N) is 1. The van der Waals surface area contributed by atoms with Crippen LogP contribution in [0, 0.1) is 5.92 Å². The SMILES string of the molecule is CCNC(CC1CCCC1)c1nccn1C. The highest BCUT2D eigenvalue weighted by atomic mass is 15.1. The first-order chi connectivity index (χ1) is 7.81. The second kappa shape index (κ2) is 5.48. The van der Waals surface area contributed by atoms with Gasteiger partial charge in [0.05, 0.1) is 6.04 Å². The van der Waals surface area contributed by atoms with Crippen molar-refractivity contribution < 1.29 is 0 Å². The predicted molar refractivity (Wildman–Crippen MR) is 66.2 cm³/mol. The van der Waals surface area contributed by atoms with E-state index in [1.54, 1.807) is 0 Å². The van der Waals surface area contributed by atoms with E-state index in [4.69, 9.17) is 0 Å². The average molecular weight is 221 g/mol. The van der Waals surface area contributed by atoms with Gasteiger partial charge >= 0.3 is 0 Å². The summed E-state index contributed by atoms with van der Waals surface area (Å²) in [5.74, 6) is 2.09. The molecule has 1 saturated carbocycles. The van der Waals surface area contributed by atoms with Crippen molar-refractivity contribution >= 4 is 0 Å². The Balaban J connectivity index is 2.01. The molecule has 0 aromatic carbocycles. The first-order valence-corrected chi connectivity index (χ1v) is 6.52. The number of hydrogen-bond donors (Lipinski definition) is 1. The maximum absolute atomic E-state index is 4.48. The monoisotopic (exact) mass is 221 g/mol. The lowest BCUT2D eigenvalue weighted by atomic mass is 9.98. The van der Waals surface area contributed by atoms with Gasteiger partial charge in [-0.3, -0.25) is 0 Å². The average Bonchev–Trinajstić information content (AvgIpc) is 2.88. The molecule has 1 aliphatic carbocycles. The summed E-state index contributed by atoms with van der Waals surface area (Å²) in [7, 11) is 2.08. The number of aryl methyl sites for hydroxylation is 1. The van der Waals surface area contributed by atoms with Crippen molar-refractivity contribution in [3.8, 4) is 0 Å². The van der Waals surface area contributed by atoms with Gasteiger partial charge in [-0.05, 0) is 18.9 Å². The minimum atomic E-state index is 0.438. The van der Waals surface area contributed by atoms with Crippen LogP contribution in [-0.2, 0) is 7.05 Å². The first kappa shape index (κ1) is 11.6. The Bertz CT molecular complexity index is 313. The van der Waals surface area contributed by atoms with Crippen molar-refractivity contribution in [2.45, 2.75) is 45.1 Å². The van der Waals surface area contributed by atoms with Crippen LogP contribution in [0.1, 0.15) is 50.9 Å². The minimum absolute atomic E-state index is 0.438. The standard InChI is InChI=1S/C13H23N3/c1-3-14-12(10-11-6-4-5-7-11)13-15-8-9-16(13)2/h8-9,11-12,14H,3-7,10H2,1-2H3. The lowest BCUT2D eigenvalue weighted by Gasteiger charge is -2.21. The normalized spacial score (nSPS) is 19.1. The van der Waals surface area contributed by atoms with E-state index in [1.165, 1.54) is 37.9 Å². The molecule has 3 heteroatoms. The maximum atomic E-state index is 4.48. The molecular formula is C13H23N3. The van der Waals surface area contributed by atoms with E-state index in [2.05, 4.69) is 28.8 Å². The number of rotatable bonds is 5. The second-order valence-electron chi connectivity index (χ2n) is 4.89. The van der Waals surface area contributed by atoms with Crippen LogP contribution in [0.2, 0.25) is 0 Å². The fraction of sp³-hybridized carbons (Fsp3) is 0.769. The van der Waals surface area contributed by atoms with Gasteiger partial charge in [-0.25, -0.2) is 4.98 Å². The van der Waals surface area contributed by atoms with E-state index in [1.807, 2.05) is 12.4 Å². The molecule has 1 fully saturated rings. The van der Waals surface area contributed by atoms with Crippen molar-refractivity contribution in [1.82, 2.24) is 14.9 Å². The topological polar surface area (TPSA) is 29.9 Å². The van der Waals surface area contributed by atoms with Gasteiger partial charge < -0.3 is 9.88 Å². The number of nitrogens with zero attached hydrogens (tertiary/aromatic N) is 2. The summed E-state index contributed by atoms with van der Waals surface area (Å²) in [5.41, 5.74) is 0. The molecule has 1 atom stereocenters. The van der Waals surface area contributed by atoms with Gasteiger partial charge in [0, 0.05) is 19.4 Å². The molecule has 0 bridgehead atoms. The second-order valence-corrected chi connectivity index (χ2v) is 4.89. The Morgan fingerprint density at radius 1 is 1.50 bits per heavy atom. The van der Waals surface area contributed by atoms with E-state index >= 15 is 0 Å². The summed E-state index contributed by atoms with van der Waals surface area (Å²) >= 11 is 0. The molecule has 1 N–H and O–H groups in total. The molecule has 0 aliphatic heterocycles. The smallest absolute Gasteiger partial charge is 0.125 e. The molecule has 0 radical (unpaired) electrons. The summed E-state index contributed by atoms with van der Waals surface area (Å²) in [6.45, 7) is 3.19. The molecule has 3 nitrogen and oxygen atoms in total. The van der Waals surface area contributed by atoms with Gasteiger partial charge in [0.15, 0.2) is 0 Å².